The van der Waals surface area contributed by atoms with E-state index in [9.17, 15) is 16.8 Å². The monoisotopic (exact) mass is 391 g/mol. The standard InChI is InChI=1S/C15H25N3O5S2/c1-13-12-14(23-2)4-5-15(13)25(21,22)16-6-7-17-8-10-18(11-9-17)24(3,19)20/h4-5,12,16H,6-11H2,1-3H3. The van der Waals surface area contributed by atoms with Crippen LogP contribution in [0.25, 0.3) is 0 Å². The van der Waals surface area contributed by atoms with Crippen LogP contribution in [-0.4, -0.2) is 78.7 Å². The van der Waals surface area contributed by atoms with Crippen LogP contribution in [0.5, 0.6) is 5.75 Å². The molecule has 0 atom stereocenters. The van der Waals surface area contributed by atoms with E-state index in [1.165, 1.54) is 23.7 Å². The quantitative estimate of drug-likeness (QED) is 0.695. The van der Waals surface area contributed by atoms with Crippen molar-refractivity contribution in [3.63, 3.8) is 0 Å². The highest BCUT2D eigenvalue weighted by Gasteiger charge is 2.23. The van der Waals surface area contributed by atoms with E-state index in [4.69, 9.17) is 4.74 Å². The van der Waals surface area contributed by atoms with Gasteiger partial charge in [0.2, 0.25) is 20.0 Å². The van der Waals surface area contributed by atoms with Gasteiger partial charge in [-0.15, -0.1) is 0 Å². The zero-order valence-electron chi connectivity index (χ0n) is 14.7. The average molecular weight is 392 g/mol. The van der Waals surface area contributed by atoms with Crippen LogP contribution in [0.15, 0.2) is 23.1 Å². The molecule has 1 N–H and O–H groups in total. The number of aryl methyl sites for hydroxylation is 1. The number of hydrogen-bond donors (Lipinski definition) is 1. The Bertz CT molecular complexity index is 800. The Morgan fingerprint density at radius 3 is 2.28 bits per heavy atom. The summed E-state index contributed by atoms with van der Waals surface area (Å²) in [5, 5.41) is 0. The average Bonchev–Trinajstić information content (AvgIpc) is 2.54. The highest BCUT2D eigenvalue weighted by Crippen LogP contribution is 2.20. The van der Waals surface area contributed by atoms with Crippen LogP contribution in [0, 0.1) is 6.92 Å². The van der Waals surface area contributed by atoms with Crippen molar-refractivity contribution in [1.29, 1.82) is 0 Å². The fourth-order valence-corrected chi connectivity index (χ4v) is 4.82. The van der Waals surface area contributed by atoms with Crippen LogP contribution >= 0.6 is 0 Å². The maximum Gasteiger partial charge on any atom is 0.240 e. The molecule has 10 heteroatoms. The van der Waals surface area contributed by atoms with Crippen LogP contribution in [0.3, 0.4) is 0 Å². The molecule has 1 aromatic carbocycles. The summed E-state index contributed by atoms with van der Waals surface area (Å²) in [6, 6.07) is 4.83. The van der Waals surface area contributed by atoms with Crippen LogP contribution in [-0.2, 0) is 20.0 Å². The van der Waals surface area contributed by atoms with Gasteiger partial charge in [0.1, 0.15) is 5.75 Å². The number of ether oxygens (including phenoxy) is 1. The molecule has 1 aliphatic heterocycles. The van der Waals surface area contributed by atoms with Gasteiger partial charge < -0.3 is 4.74 Å². The SMILES string of the molecule is COc1ccc(S(=O)(=O)NCCN2CCN(S(C)(=O)=O)CC2)c(C)c1. The molecule has 1 aliphatic rings. The molecule has 1 fully saturated rings. The minimum Gasteiger partial charge on any atom is -0.497 e. The number of rotatable bonds is 7. The molecular formula is C15H25N3O5S2. The Kier molecular flexibility index (Phi) is 6.44. The molecule has 8 nitrogen and oxygen atoms in total. The molecule has 1 aromatic rings. The number of piperazine rings is 1. The molecule has 1 heterocycles. The molecule has 2 rings (SSSR count). The fourth-order valence-electron chi connectivity index (χ4n) is 2.75. The lowest BCUT2D eigenvalue weighted by atomic mass is 10.2. The lowest BCUT2D eigenvalue weighted by Gasteiger charge is -2.33. The molecule has 1 saturated heterocycles. The molecule has 0 aromatic heterocycles. The van der Waals surface area contributed by atoms with Crippen molar-refractivity contribution in [2.75, 3.05) is 52.6 Å². The molecule has 0 radical (unpaired) electrons. The lowest BCUT2D eigenvalue weighted by molar-refractivity contribution is 0.192. The summed E-state index contributed by atoms with van der Waals surface area (Å²) in [6.45, 7) is 4.58. The summed E-state index contributed by atoms with van der Waals surface area (Å²) in [4.78, 5) is 2.28. The van der Waals surface area contributed by atoms with E-state index in [0.717, 1.165) is 0 Å². The van der Waals surface area contributed by atoms with Gasteiger partial charge in [-0.2, -0.15) is 4.31 Å². The second-order valence-electron chi connectivity index (χ2n) is 6.03. The Labute approximate surface area is 149 Å². The highest BCUT2D eigenvalue weighted by atomic mass is 32.2. The number of hydrogen-bond acceptors (Lipinski definition) is 6. The van der Waals surface area contributed by atoms with Gasteiger partial charge >= 0.3 is 0 Å². The number of nitrogens with one attached hydrogen (secondary N) is 1. The number of nitrogens with zero attached hydrogens (tertiary/aromatic N) is 2. The van der Waals surface area contributed by atoms with E-state index in [-0.39, 0.29) is 11.4 Å². The minimum absolute atomic E-state index is 0.232. The van der Waals surface area contributed by atoms with E-state index in [1.54, 1.807) is 19.1 Å². The van der Waals surface area contributed by atoms with Gasteiger partial charge in [-0.1, -0.05) is 0 Å². The molecule has 0 saturated carbocycles. The van der Waals surface area contributed by atoms with Crippen molar-refractivity contribution >= 4 is 20.0 Å². The van der Waals surface area contributed by atoms with Gasteiger partial charge in [-0.25, -0.2) is 21.6 Å². The molecule has 25 heavy (non-hydrogen) atoms. The van der Waals surface area contributed by atoms with E-state index in [1.807, 2.05) is 4.90 Å². The third kappa shape index (κ3) is 5.38. The van der Waals surface area contributed by atoms with Crippen molar-refractivity contribution in [1.82, 2.24) is 13.9 Å². The van der Waals surface area contributed by atoms with Crippen molar-refractivity contribution in [3.8, 4) is 5.75 Å². The smallest absolute Gasteiger partial charge is 0.240 e. The normalized spacial score (nSPS) is 17.6. The Morgan fingerprint density at radius 2 is 1.76 bits per heavy atom. The van der Waals surface area contributed by atoms with Crippen LogP contribution < -0.4 is 9.46 Å². The summed E-state index contributed by atoms with van der Waals surface area (Å²) in [6.07, 6.45) is 1.20. The maximum absolute atomic E-state index is 12.4. The molecule has 142 valence electrons. The number of sulfonamides is 2. The zero-order valence-corrected chi connectivity index (χ0v) is 16.4. The summed E-state index contributed by atoms with van der Waals surface area (Å²) < 4.78 is 56.9. The van der Waals surface area contributed by atoms with Gasteiger partial charge in [-0.3, -0.25) is 4.90 Å². The maximum atomic E-state index is 12.4. The topological polar surface area (TPSA) is 96.0 Å². The molecule has 0 unspecified atom stereocenters. The van der Waals surface area contributed by atoms with E-state index in [2.05, 4.69) is 4.72 Å². The Morgan fingerprint density at radius 1 is 1.12 bits per heavy atom. The first-order valence-corrected chi connectivity index (χ1v) is 11.3. The largest absolute Gasteiger partial charge is 0.497 e. The summed E-state index contributed by atoms with van der Waals surface area (Å²) >= 11 is 0. The van der Waals surface area contributed by atoms with E-state index < -0.39 is 20.0 Å². The Balaban J connectivity index is 1.87. The highest BCUT2D eigenvalue weighted by molar-refractivity contribution is 7.89. The summed E-state index contributed by atoms with van der Waals surface area (Å²) in [5.74, 6) is 0.611. The first-order valence-electron chi connectivity index (χ1n) is 7.95. The number of methoxy groups -OCH3 is 1. The Hall–Kier alpha value is -1.20. The van der Waals surface area contributed by atoms with Crippen LogP contribution in [0.2, 0.25) is 0 Å². The third-order valence-electron chi connectivity index (χ3n) is 4.19. The number of benzene rings is 1. The van der Waals surface area contributed by atoms with Crippen LogP contribution in [0.4, 0.5) is 0 Å². The molecular weight excluding hydrogens is 366 g/mol. The third-order valence-corrected chi connectivity index (χ3v) is 7.12. The second-order valence-corrected chi connectivity index (χ2v) is 9.75. The lowest BCUT2D eigenvalue weighted by Crippen LogP contribution is -2.49. The van der Waals surface area contributed by atoms with Gasteiger partial charge in [-0.05, 0) is 30.7 Å². The van der Waals surface area contributed by atoms with Gasteiger partial charge in [0, 0.05) is 39.3 Å². The van der Waals surface area contributed by atoms with Crippen LogP contribution in [0.1, 0.15) is 5.56 Å². The summed E-state index contributed by atoms with van der Waals surface area (Å²) in [5.41, 5.74) is 0.619. The van der Waals surface area contributed by atoms with Gasteiger partial charge in [0.15, 0.2) is 0 Å². The first-order chi connectivity index (χ1) is 11.6. The summed E-state index contributed by atoms with van der Waals surface area (Å²) in [7, 11) is -5.21. The predicted molar refractivity (Wildman–Crippen MR) is 95.8 cm³/mol. The van der Waals surface area contributed by atoms with Gasteiger partial charge in [0.25, 0.3) is 0 Å². The first kappa shape index (κ1) is 20.1. The minimum atomic E-state index is -3.59. The molecule has 0 amide bonds. The van der Waals surface area contributed by atoms with E-state index in [0.29, 0.717) is 44.0 Å². The van der Waals surface area contributed by atoms with Crippen molar-refractivity contribution < 1.29 is 21.6 Å². The zero-order chi connectivity index (χ0) is 18.7. The van der Waals surface area contributed by atoms with Crippen molar-refractivity contribution in [2.45, 2.75) is 11.8 Å². The second kappa shape index (κ2) is 8.00. The van der Waals surface area contributed by atoms with Crippen molar-refractivity contribution in [2.24, 2.45) is 0 Å². The van der Waals surface area contributed by atoms with Crippen molar-refractivity contribution in [3.05, 3.63) is 23.8 Å². The van der Waals surface area contributed by atoms with E-state index >= 15 is 0 Å². The molecule has 0 bridgehead atoms. The predicted octanol–water partition coefficient (Wildman–Crippen LogP) is -0.141. The molecule has 0 spiro atoms. The van der Waals surface area contributed by atoms with Gasteiger partial charge in [0.05, 0.1) is 18.3 Å². The molecule has 0 aliphatic carbocycles. The fraction of sp³-hybridized carbons (Fsp3) is 0.600.